The molecule has 0 aliphatic carbocycles. The number of nitrogens with one attached hydrogen (secondary N) is 1. The van der Waals surface area contributed by atoms with Crippen molar-refractivity contribution in [3.63, 3.8) is 0 Å². The van der Waals surface area contributed by atoms with Crippen molar-refractivity contribution in [1.82, 2.24) is 19.7 Å². The molecule has 6 nitrogen and oxygen atoms in total. The minimum Gasteiger partial charge on any atom is -0.348 e. The van der Waals surface area contributed by atoms with Crippen LogP contribution in [0.2, 0.25) is 0 Å². The smallest absolute Gasteiger partial charge is 0.348 e. The van der Waals surface area contributed by atoms with Crippen molar-refractivity contribution in [3.05, 3.63) is 82.3 Å². The van der Waals surface area contributed by atoms with E-state index in [4.69, 9.17) is 0 Å². The van der Waals surface area contributed by atoms with Crippen LogP contribution in [0.3, 0.4) is 0 Å². The number of nitrogens with zero attached hydrogens (tertiary/aromatic N) is 3. The lowest BCUT2D eigenvalue weighted by Gasteiger charge is -2.14. The van der Waals surface area contributed by atoms with Gasteiger partial charge < -0.3 is 5.32 Å². The number of carbonyl (C=O) groups excluding carboxylic acids is 1. The first-order valence-electron chi connectivity index (χ1n) is 8.20. The number of hydrogen-bond acceptors (Lipinski definition) is 3. The number of benzene rings is 2. The monoisotopic (exact) mass is 354 g/mol. The Bertz CT molecular complexity index is 958. The number of amides is 1. The van der Waals surface area contributed by atoms with Crippen molar-refractivity contribution < 1.29 is 9.18 Å². The highest BCUT2D eigenvalue weighted by atomic mass is 19.1. The Morgan fingerprint density at radius 1 is 1.15 bits per heavy atom. The molecule has 0 aliphatic rings. The fraction of sp³-hybridized carbons (Fsp3) is 0.211. The third-order valence-corrected chi connectivity index (χ3v) is 4.09. The maximum Gasteiger partial charge on any atom is 0.350 e. The molecule has 0 bridgehead atoms. The van der Waals surface area contributed by atoms with E-state index in [9.17, 15) is 14.0 Å². The van der Waals surface area contributed by atoms with Crippen molar-refractivity contribution in [2.45, 2.75) is 26.4 Å². The van der Waals surface area contributed by atoms with E-state index in [0.29, 0.717) is 5.69 Å². The molecule has 0 unspecified atom stereocenters. The summed E-state index contributed by atoms with van der Waals surface area (Å²) >= 11 is 0. The van der Waals surface area contributed by atoms with Crippen LogP contribution in [0.15, 0.2) is 59.7 Å². The zero-order valence-electron chi connectivity index (χ0n) is 14.5. The van der Waals surface area contributed by atoms with Gasteiger partial charge in [0.15, 0.2) is 0 Å². The van der Waals surface area contributed by atoms with Crippen molar-refractivity contribution in [1.29, 1.82) is 0 Å². The van der Waals surface area contributed by atoms with Crippen LogP contribution in [0, 0.1) is 12.7 Å². The van der Waals surface area contributed by atoms with E-state index in [2.05, 4.69) is 10.4 Å². The van der Waals surface area contributed by atoms with Gasteiger partial charge in [-0.15, -0.1) is 0 Å². The molecule has 3 rings (SSSR count). The van der Waals surface area contributed by atoms with Crippen LogP contribution in [0.4, 0.5) is 4.39 Å². The first-order valence-corrected chi connectivity index (χ1v) is 8.20. The Labute approximate surface area is 149 Å². The second kappa shape index (κ2) is 7.35. The largest absolute Gasteiger partial charge is 0.350 e. The lowest BCUT2D eigenvalue weighted by atomic mass is 10.1. The second-order valence-corrected chi connectivity index (χ2v) is 6.12. The van der Waals surface area contributed by atoms with E-state index >= 15 is 0 Å². The summed E-state index contributed by atoms with van der Waals surface area (Å²) in [4.78, 5) is 24.6. The van der Waals surface area contributed by atoms with Gasteiger partial charge in [-0.3, -0.25) is 4.79 Å². The molecule has 0 saturated carbocycles. The minimum absolute atomic E-state index is 0.182. The predicted molar refractivity (Wildman–Crippen MR) is 95.5 cm³/mol. The normalized spacial score (nSPS) is 12.0. The number of halogens is 1. The average molecular weight is 354 g/mol. The Hall–Kier alpha value is -3.22. The molecule has 1 aromatic heterocycles. The number of aromatic nitrogens is 3. The molecule has 0 spiro atoms. The molecule has 7 heteroatoms. The molecule has 1 amide bonds. The molecule has 0 saturated heterocycles. The summed E-state index contributed by atoms with van der Waals surface area (Å²) in [5.41, 5.74) is 2.14. The van der Waals surface area contributed by atoms with Gasteiger partial charge in [0.1, 0.15) is 18.7 Å². The lowest BCUT2D eigenvalue weighted by Crippen LogP contribution is -2.34. The molecule has 0 fully saturated rings. The zero-order valence-corrected chi connectivity index (χ0v) is 14.5. The maximum atomic E-state index is 13.0. The molecule has 0 radical (unpaired) electrons. The number of aryl methyl sites for hydroxylation is 1. The van der Waals surface area contributed by atoms with Gasteiger partial charge in [0.05, 0.1) is 11.7 Å². The topological polar surface area (TPSA) is 68.9 Å². The zero-order chi connectivity index (χ0) is 18.7. The van der Waals surface area contributed by atoms with Gasteiger partial charge in [-0.2, -0.15) is 5.10 Å². The molecular weight excluding hydrogens is 335 g/mol. The Balaban J connectivity index is 1.69. The predicted octanol–water partition coefficient (Wildman–Crippen LogP) is 2.36. The van der Waals surface area contributed by atoms with Crippen LogP contribution in [-0.4, -0.2) is 20.3 Å². The lowest BCUT2D eigenvalue weighted by molar-refractivity contribution is -0.122. The summed E-state index contributed by atoms with van der Waals surface area (Å²) in [7, 11) is 0. The highest BCUT2D eigenvalue weighted by molar-refractivity contribution is 5.76. The van der Waals surface area contributed by atoms with E-state index in [0.717, 1.165) is 15.8 Å². The van der Waals surface area contributed by atoms with E-state index in [-0.39, 0.29) is 18.5 Å². The van der Waals surface area contributed by atoms with Crippen LogP contribution >= 0.6 is 0 Å². The molecule has 26 heavy (non-hydrogen) atoms. The first-order chi connectivity index (χ1) is 12.4. The molecule has 1 N–H and O–H groups in total. The van der Waals surface area contributed by atoms with E-state index in [1.54, 1.807) is 0 Å². The molecule has 1 atom stereocenters. The third kappa shape index (κ3) is 3.88. The molecule has 3 aromatic rings. The summed E-state index contributed by atoms with van der Waals surface area (Å²) in [6, 6.07) is 13.2. The summed E-state index contributed by atoms with van der Waals surface area (Å²) in [6.07, 6.45) is 1.31. The summed E-state index contributed by atoms with van der Waals surface area (Å²) < 4.78 is 15.3. The van der Waals surface area contributed by atoms with Crippen LogP contribution in [-0.2, 0) is 11.3 Å². The molecular formula is C19H19FN4O2. The van der Waals surface area contributed by atoms with E-state index in [1.807, 2.05) is 38.1 Å². The van der Waals surface area contributed by atoms with Crippen molar-refractivity contribution in [3.8, 4) is 5.69 Å². The third-order valence-electron chi connectivity index (χ3n) is 4.09. The minimum atomic E-state index is -0.463. The average Bonchev–Trinajstić information content (AvgIpc) is 2.97. The summed E-state index contributed by atoms with van der Waals surface area (Å²) in [6.45, 7) is 3.68. The highest BCUT2D eigenvalue weighted by Crippen LogP contribution is 2.13. The first kappa shape index (κ1) is 17.6. The number of carbonyl (C=O) groups is 1. The number of hydrogen-bond donors (Lipinski definition) is 1. The van der Waals surface area contributed by atoms with Crippen molar-refractivity contribution >= 4 is 5.91 Å². The quantitative estimate of drug-likeness (QED) is 0.765. The highest BCUT2D eigenvalue weighted by Gasteiger charge is 2.13. The van der Waals surface area contributed by atoms with Crippen molar-refractivity contribution in [2.24, 2.45) is 0 Å². The molecule has 134 valence electrons. The molecule has 1 heterocycles. The SMILES string of the molecule is Cc1ccc([C@H](C)NC(=O)Cn2ncn(-c3ccc(F)cc3)c2=O)cc1. The van der Waals surface area contributed by atoms with Crippen LogP contribution in [0.25, 0.3) is 5.69 Å². The molecule has 2 aromatic carbocycles. The standard InChI is InChI=1S/C19H19FN4O2/c1-13-3-5-15(6-4-13)14(2)22-18(25)11-24-19(26)23(12-21-24)17-9-7-16(20)8-10-17/h3-10,12,14H,11H2,1-2H3,(H,22,25)/t14-/m0/s1. The van der Waals surface area contributed by atoms with Gasteiger partial charge in [-0.25, -0.2) is 18.4 Å². The summed E-state index contributed by atoms with van der Waals surface area (Å²) in [5.74, 6) is -0.705. The summed E-state index contributed by atoms with van der Waals surface area (Å²) in [5, 5.41) is 6.81. The van der Waals surface area contributed by atoms with Gasteiger partial charge in [0, 0.05) is 0 Å². The van der Waals surface area contributed by atoms with Gasteiger partial charge in [0.2, 0.25) is 5.91 Å². The van der Waals surface area contributed by atoms with Gasteiger partial charge in [-0.1, -0.05) is 29.8 Å². The van der Waals surface area contributed by atoms with E-state index < -0.39 is 11.5 Å². The Morgan fingerprint density at radius 2 is 1.81 bits per heavy atom. The fourth-order valence-corrected chi connectivity index (χ4v) is 2.59. The van der Waals surface area contributed by atoms with Gasteiger partial charge in [0.25, 0.3) is 0 Å². The second-order valence-electron chi connectivity index (χ2n) is 6.12. The number of rotatable bonds is 5. The Morgan fingerprint density at radius 3 is 2.46 bits per heavy atom. The maximum absolute atomic E-state index is 13.0. The van der Waals surface area contributed by atoms with Gasteiger partial charge >= 0.3 is 5.69 Å². The fourth-order valence-electron chi connectivity index (χ4n) is 2.59. The van der Waals surface area contributed by atoms with Crippen LogP contribution < -0.4 is 11.0 Å². The van der Waals surface area contributed by atoms with Crippen molar-refractivity contribution in [2.75, 3.05) is 0 Å². The Kier molecular flexibility index (Phi) is 4.97. The van der Waals surface area contributed by atoms with Gasteiger partial charge in [-0.05, 0) is 43.7 Å². The van der Waals surface area contributed by atoms with Crippen LogP contribution in [0.1, 0.15) is 24.1 Å². The van der Waals surface area contributed by atoms with E-state index in [1.165, 1.54) is 35.2 Å². The molecule has 0 aliphatic heterocycles. The van der Waals surface area contributed by atoms with Crippen LogP contribution in [0.5, 0.6) is 0 Å².